The van der Waals surface area contributed by atoms with Gasteiger partial charge in [0.25, 0.3) is 5.91 Å². The zero-order valence-corrected chi connectivity index (χ0v) is 12.4. The molecule has 1 saturated carbocycles. The number of carbonyl (C=O) groups is 1. The molecule has 1 amide bonds. The molecule has 0 unspecified atom stereocenters. The lowest BCUT2D eigenvalue weighted by Gasteiger charge is -2.14. The Balaban J connectivity index is 0.00000147. The molecular formula is C14H17Cl2FN2O. The molecule has 0 spiro atoms. The third kappa shape index (κ3) is 2.92. The quantitative estimate of drug-likeness (QED) is 0.880. The molecule has 1 saturated heterocycles. The van der Waals surface area contributed by atoms with Gasteiger partial charge in [-0.2, -0.15) is 0 Å². The second kappa shape index (κ2) is 6.29. The molecule has 2 aliphatic rings. The van der Waals surface area contributed by atoms with Crippen molar-refractivity contribution in [3.8, 4) is 0 Å². The fraction of sp³-hybridized carbons (Fsp3) is 0.500. The van der Waals surface area contributed by atoms with E-state index >= 15 is 0 Å². The molecule has 0 bridgehead atoms. The van der Waals surface area contributed by atoms with Gasteiger partial charge >= 0.3 is 0 Å². The standard InChI is InChI=1S/C14H16ClFN2O.ClH/c15-11-2-1-3-12(16)13(11)14(19)18-10-4-8-6-17-7-9(8)5-10;/h1-3,8-10,17H,4-7H2,(H,18,19);1H/t8-,9+,10-;. The van der Waals surface area contributed by atoms with Crippen molar-refractivity contribution >= 4 is 29.9 Å². The van der Waals surface area contributed by atoms with Gasteiger partial charge in [0, 0.05) is 6.04 Å². The second-order valence-corrected chi connectivity index (χ2v) is 5.82. The van der Waals surface area contributed by atoms with E-state index in [0.29, 0.717) is 11.8 Å². The smallest absolute Gasteiger partial charge is 0.255 e. The van der Waals surface area contributed by atoms with Crippen molar-refractivity contribution in [1.29, 1.82) is 0 Å². The zero-order chi connectivity index (χ0) is 13.4. The normalized spacial score (nSPS) is 27.8. The minimum atomic E-state index is -0.565. The average Bonchev–Trinajstić information content (AvgIpc) is 2.89. The first-order valence-corrected chi connectivity index (χ1v) is 6.98. The van der Waals surface area contributed by atoms with E-state index in [4.69, 9.17) is 11.6 Å². The van der Waals surface area contributed by atoms with E-state index < -0.39 is 11.7 Å². The summed E-state index contributed by atoms with van der Waals surface area (Å²) < 4.78 is 13.7. The minimum absolute atomic E-state index is 0. The summed E-state index contributed by atoms with van der Waals surface area (Å²) in [4.78, 5) is 12.1. The highest BCUT2D eigenvalue weighted by Crippen LogP contribution is 2.34. The van der Waals surface area contributed by atoms with Crippen LogP contribution < -0.4 is 10.6 Å². The number of hydrogen-bond donors (Lipinski definition) is 2. The fourth-order valence-electron chi connectivity index (χ4n) is 3.26. The second-order valence-electron chi connectivity index (χ2n) is 5.42. The average molecular weight is 319 g/mol. The molecule has 110 valence electrons. The molecule has 1 aliphatic carbocycles. The number of halogens is 3. The van der Waals surface area contributed by atoms with Crippen molar-refractivity contribution in [2.24, 2.45) is 11.8 Å². The number of fused-ring (bicyclic) bond motifs is 1. The molecule has 20 heavy (non-hydrogen) atoms. The molecule has 1 heterocycles. The Morgan fingerprint density at radius 3 is 2.55 bits per heavy atom. The highest BCUT2D eigenvalue weighted by Gasteiger charge is 2.38. The maximum absolute atomic E-state index is 13.7. The van der Waals surface area contributed by atoms with E-state index in [-0.39, 0.29) is 29.0 Å². The lowest BCUT2D eigenvalue weighted by molar-refractivity contribution is 0.0932. The van der Waals surface area contributed by atoms with Crippen molar-refractivity contribution in [3.63, 3.8) is 0 Å². The Morgan fingerprint density at radius 2 is 1.95 bits per heavy atom. The first-order chi connectivity index (χ1) is 9.15. The summed E-state index contributed by atoms with van der Waals surface area (Å²) in [6.45, 7) is 2.05. The highest BCUT2D eigenvalue weighted by atomic mass is 35.5. The molecule has 0 aromatic heterocycles. The molecule has 1 aliphatic heterocycles. The number of nitrogens with one attached hydrogen (secondary N) is 2. The van der Waals surface area contributed by atoms with E-state index in [1.165, 1.54) is 18.2 Å². The summed E-state index contributed by atoms with van der Waals surface area (Å²) in [6, 6.07) is 4.43. The number of hydrogen-bond acceptors (Lipinski definition) is 2. The third-order valence-electron chi connectivity index (χ3n) is 4.18. The van der Waals surface area contributed by atoms with Crippen LogP contribution in [0.5, 0.6) is 0 Å². The predicted molar refractivity (Wildman–Crippen MR) is 79.0 cm³/mol. The molecule has 1 aromatic carbocycles. The van der Waals surface area contributed by atoms with Crippen LogP contribution in [0.2, 0.25) is 5.02 Å². The molecule has 1 aromatic rings. The van der Waals surface area contributed by atoms with Gasteiger partial charge in [-0.1, -0.05) is 17.7 Å². The van der Waals surface area contributed by atoms with Gasteiger partial charge in [0.2, 0.25) is 0 Å². The van der Waals surface area contributed by atoms with Gasteiger partial charge in [0.15, 0.2) is 0 Å². The maximum atomic E-state index is 13.7. The van der Waals surface area contributed by atoms with Crippen LogP contribution in [0.25, 0.3) is 0 Å². The molecule has 6 heteroatoms. The van der Waals surface area contributed by atoms with Crippen LogP contribution in [0.3, 0.4) is 0 Å². The van der Waals surface area contributed by atoms with Crippen molar-refractivity contribution in [3.05, 3.63) is 34.6 Å². The first-order valence-electron chi connectivity index (χ1n) is 6.60. The number of rotatable bonds is 2. The van der Waals surface area contributed by atoms with Gasteiger partial charge < -0.3 is 10.6 Å². The van der Waals surface area contributed by atoms with Crippen LogP contribution in [-0.2, 0) is 0 Å². The van der Waals surface area contributed by atoms with Crippen molar-refractivity contribution < 1.29 is 9.18 Å². The van der Waals surface area contributed by atoms with Gasteiger partial charge in [-0.15, -0.1) is 12.4 Å². The molecule has 2 N–H and O–H groups in total. The van der Waals surface area contributed by atoms with E-state index in [1.807, 2.05) is 0 Å². The predicted octanol–water partition coefficient (Wildman–Crippen LogP) is 2.63. The summed E-state index contributed by atoms with van der Waals surface area (Å²) in [5, 5.41) is 6.43. The lowest BCUT2D eigenvalue weighted by atomic mass is 10.0. The Labute approximate surface area is 128 Å². The summed E-state index contributed by atoms with van der Waals surface area (Å²) in [7, 11) is 0. The van der Waals surface area contributed by atoms with E-state index in [1.54, 1.807) is 0 Å². The Hall–Kier alpha value is -0.840. The van der Waals surface area contributed by atoms with Crippen LogP contribution in [-0.4, -0.2) is 25.0 Å². The van der Waals surface area contributed by atoms with Crippen molar-refractivity contribution in [1.82, 2.24) is 10.6 Å². The Bertz CT molecular complexity index is 480. The van der Waals surface area contributed by atoms with Gasteiger partial charge in [0.05, 0.1) is 10.6 Å². The van der Waals surface area contributed by atoms with Crippen LogP contribution in [0.15, 0.2) is 18.2 Å². The maximum Gasteiger partial charge on any atom is 0.255 e. The van der Waals surface area contributed by atoms with Crippen LogP contribution in [0.1, 0.15) is 23.2 Å². The fourth-order valence-corrected chi connectivity index (χ4v) is 3.51. The van der Waals surface area contributed by atoms with Crippen molar-refractivity contribution in [2.45, 2.75) is 18.9 Å². The molecule has 3 rings (SSSR count). The largest absolute Gasteiger partial charge is 0.349 e. The topological polar surface area (TPSA) is 41.1 Å². The van der Waals surface area contributed by atoms with E-state index in [0.717, 1.165) is 25.9 Å². The molecule has 2 fully saturated rings. The lowest BCUT2D eigenvalue weighted by Crippen LogP contribution is -2.34. The SMILES string of the molecule is Cl.O=C(N[C@H]1C[C@H]2CNC[C@H]2C1)c1c(F)cccc1Cl. The van der Waals surface area contributed by atoms with Crippen LogP contribution >= 0.6 is 24.0 Å². The van der Waals surface area contributed by atoms with Crippen molar-refractivity contribution in [2.75, 3.05) is 13.1 Å². The third-order valence-corrected chi connectivity index (χ3v) is 4.49. The summed E-state index contributed by atoms with van der Waals surface area (Å²) in [6.07, 6.45) is 1.94. The van der Waals surface area contributed by atoms with Crippen LogP contribution in [0, 0.1) is 17.7 Å². The monoisotopic (exact) mass is 318 g/mol. The van der Waals surface area contributed by atoms with Gasteiger partial charge in [-0.25, -0.2) is 4.39 Å². The molecule has 3 nitrogen and oxygen atoms in total. The summed E-state index contributed by atoms with van der Waals surface area (Å²) in [5.41, 5.74) is -0.0423. The van der Waals surface area contributed by atoms with Gasteiger partial charge in [-0.3, -0.25) is 4.79 Å². The summed E-state index contributed by atoms with van der Waals surface area (Å²) in [5.74, 6) is 0.314. The van der Waals surface area contributed by atoms with Crippen LogP contribution in [0.4, 0.5) is 4.39 Å². The van der Waals surface area contributed by atoms with Gasteiger partial charge in [-0.05, 0) is 49.9 Å². The minimum Gasteiger partial charge on any atom is -0.349 e. The van der Waals surface area contributed by atoms with Gasteiger partial charge in [0.1, 0.15) is 5.82 Å². The number of carbonyl (C=O) groups excluding carboxylic acids is 1. The molecular weight excluding hydrogens is 302 g/mol. The number of amides is 1. The molecule has 0 radical (unpaired) electrons. The Kier molecular flexibility index (Phi) is 4.89. The Morgan fingerprint density at radius 1 is 1.30 bits per heavy atom. The first kappa shape index (κ1) is 15.5. The van der Waals surface area contributed by atoms with E-state index in [9.17, 15) is 9.18 Å². The zero-order valence-electron chi connectivity index (χ0n) is 10.9. The highest BCUT2D eigenvalue weighted by molar-refractivity contribution is 6.33. The molecule has 3 atom stereocenters. The summed E-state index contributed by atoms with van der Waals surface area (Å²) >= 11 is 5.89. The number of benzene rings is 1. The van der Waals surface area contributed by atoms with E-state index in [2.05, 4.69) is 10.6 Å².